The van der Waals surface area contributed by atoms with E-state index in [2.05, 4.69) is 26.7 Å². The Labute approximate surface area is 178 Å². The van der Waals surface area contributed by atoms with Crippen LogP contribution in [0.25, 0.3) is 27.9 Å². The van der Waals surface area contributed by atoms with Gasteiger partial charge in [-0.2, -0.15) is 0 Å². The molecule has 5 rings (SSSR count). The number of hydrogen-bond acceptors (Lipinski definition) is 6. The van der Waals surface area contributed by atoms with Crippen LogP contribution in [0.3, 0.4) is 0 Å². The number of aromatic nitrogens is 3. The van der Waals surface area contributed by atoms with Gasteiger partial charge in [-0.25, -0.2) is 14.2 Å². The van der Waals surface area contributed by atoms with Gasteiger partial charge in [-0.05, 0) is 32.5 Å². The Balaban J connectivity index is 1.56. The highest BCUT2D eigenvalue weighted by Gasteiger charge is 2.20. The Bertz CT molecular complexity index is 1350. The van der Waals surface area contributed by atoms with Gasteiger partial charge in [-0.15, -0.1) is 0 Å². The summed E-state index contributed by atoms with van der Waals surface area (Å²) in [6.07, 6.45) is 3.58. The van der Waals surface area contributed by atoms with Crippen molar-refractivity contribution in [3.8, 4) is 11.3 Å². The van der Waals surface area contributed by atoms with Crippen LogP contribution in [0, 0.1) is 19.7 Å². The average molecular weight is 421 g/mol. The fourth-order valence-electron chi connectivity index (χ4n) is 4.28. The number of nitrogens with zero attached hydrogens (tertiary/aromatic N) is 5. The molecule has 0 unspecified atom stereocenters. The van der Waals surface area contributed by atoms with Gasteiger partial charge in [0, 0.05) is 50.3 Å². The summed E-state index contributed by atoms with van der Waals surface area (Å²) >= 11 is 0. The van der Waals surface area contributed by atoms with Crippen molar-refractivity contribution in [1.82, 2.24) is 19.3 Å². The molecule has 1 aromatic carbocycles. The Morgan fingerprint density at radius 2 is 1.84 bits per heavy atom. The number of anilines is 1. The largest absolute Gasteiger partial charge is 0.422 e. The van der Waals surface area contributed by atoms with Gasteiger partial charge in [0.15, 0.2) is 5.65 Å². The predicted octanol–water partition coefficient (Wildman–Crippen LogP) is 3.40. The molecule has 0 aliphatic carbocycles. The molecule has 3 aromatic heterocycles. The SMILES string of the molecule is CCN1CCN(c2cc(F)c3cc(-c4cn5cc(C)nc(C)c5n4)c(=O)oc3c2)CC1. The van der Waals surface area contributed by atoms with Crippen molar-refractivity contribution in [3.05, 3.63) is 58.2 Å². The second-order valence-electron chi connectivity index (χ2n) is 8.03. The number of piperazine rings is 1. The van der Waals surface area contributed by atoms with Gasteiger partial charge in [0.05, 0.1) is 28.0 Å². The van der Waals surface area contributed by atoms with E-state index in [1.807, 2.05) is 24.4 Å². The number of aryl methyl sites for hydroxylation is 2. The highest BCUT2D eigenvalue weighted by Crippen LogP contribution is 2.28. The van der Waals surface area contributed by atoms with Gasteiger partial charge in [-0.1, -0.05) is 6.92 Å². The summed E-state index contributed by atoms with van der Waals surface area (Å²) in [4.78, 5) is 26.2. The molecule has 8 heteroatoms. The van der Waals surface area contributed by atoms with Gasteiger partial charge in [-0.3, -0.25) is 4.98 Å². The molecule has 160 valence electrons. The molecule has 0 bridgehead atoms. The third-order valence-corrected chi connectivity index (χ3v) is 5.97. The van der Waals surface area contributed by atoms with Crippen LogP contribution in [0.5, 0.6) is 0 Å². The molecule has 0 radical (unpaired) electrons. The number of rotatable bonds is 3. The summed E-state index contributed by atoms with van der Waals surface area (Å²) in [7, 11) is 0. The fraction of sp³-hybridized carbons (Fsp3) is 0.348. The molecule has 1 fully saturated rings. The maximum atomic E-state index is 15.1. The van der Waals surface area contributed by atoms with Crippen molar-refractivity contribution in [2.45, 2.75) is 20.8 Å². The lowest BCUT2D eigenvalue weighted by atomic mass is 10.1. The number of imidazole rings is 1. The first-order valence-corrected chi connectivity index (χ1v) is 10.5. The molecule has 0 saturated carbocycles. The predicted molar refractivity (Wildman–Crippen MR) is 118 cm³/mol. The minimum absolute atomic E-state index is 0.233. The van der Waals surface area contributed by atoms with Crippen molar-refractivity contribution in [2.24, 2.45) is 0 Å². The number of benzene rings is 1. The Kier molecular flexibility index (Phi) is 4.74. The first-order valence-electron chi connectivity index (χ1n) is 10.5. The maximum Gasteiger partial charge on any atom is 0.345 e. The van der Waals surface area contributed by atoms with Crippen LogP contribution >= 0.6 is 0 Å². The van der Waals surface area contributed by atoms with Crippen LogP contribution in [0.4, 0.5) is 10.1 Å². The van der Waals surface area contributed by atoms with E-state index in [4.69, 9.17) is 4.42 Å². The molecule has 4 aromatic rings. The number of likely N-dealkylation sites (N-methyl/N-ethyl adjacent to an activating group) is 1. The summed E-state index contributed by atoms with van der Waals surface area (Å²) < 4.78 is 22.4. The third kappa shape index (κ3) is 3.46. The van der Waals surface area contributed by atoms with Crippen molar-refractivity contribution < 1.29 is 8.81 Å². The quantitative estimate of drug-likeness (QED) is 0.473. The summed E-state index contributed by atoms with van der Waals surface area (Å²) in [6, 6.07) is 4.81. The molecule has 0 N–H and O–H groups in total. The van der Waals surface area contributed by atoms with Gasteiger partial charge in [0.2, 0.25) is 0 Å². The highest BCUT2D eigenvalue weighted by molar-refractivity contribution is 5.85. The van der Waals surface area contributed by atoms with Crippen molar-refractivity contribution in [3.63, 3.8) is 0 Å². The third-order valence-electron chi connectivity index (χ3n) is 5.97. The summed E-state index contributed by atoms with van der Waals surface area (Å²) in [5.74, 6) is -0.409. The van der Waals surface area contributed by atoms with Crippen LogP contribution in [0.15, 0.2) is 39.8 Å². The van der Waals surface area contributed by atoms with E-state index in [0.717, 1.165) is 49.8 Å². The maximum absolute atomic E-state index is 15.1. The van der Waals surface area contributed by atoms with Gasteiger partial charge in [0.25, 0.3) is 0 Å². The normalized spacial score (nSPS) is 15.3. The molecule has 31 heavy (non-hydrogen) atoms. The molecule has 1 aliphatic rings. The smallest absolute Gasteiger partial charge is 0.345 e. The second kappa shape index (κ2) is 7.46. The van der Waals surface area contributed by atoms with Gasteiger partial charge < -0.3 is 18.6 Å². The average Bonchev–Trinajstić information content (AvgIpc) is 3.17. The molecular formula is C23H24FN5O2. The molecule has 7 nitrogen and oxygen atoms in total. The lowest BCUT2D eigenvalue weighted by Gasteiger charge is -2.35. The van der Waals surface area contributed by atoms with Crippen LogP contribution < -0.4 is 10.5 Å². The first-order chi connectivity index (χ1) is 14.9. The highest BCUT2D eigenvalue weighted by atomic mass is 19.1. The Hall–Kier alpha value is -3.26. The summed E-state index contributed by atoms with van der Waals surface area (Å²) in [5, 5.41) is 0.272. The number of halogens is 1. The zero-order chi connectivity index (χ0) is 21.7. The van der Waals surface area contributed by atoms with E-state index in [1.165, 1.54) is 12.1 Å². The molecule has 1 aliphatic heterocycles. The topological polar surface area (TPSA) is 66.9 Å². The zero-order valence-electron chi connectivity index (χ0n) is 17.9. The molecule has 4 heterocycles. The van der Waals surface area contributed by atoms with Crippen LogP contribution in [-0.2, 0) is 0 Å². The van der Waals surface area contributed by atoms with E-state index < -0.39 is 11.4 Å². The van der Waals surface area contributed by atoms with E-state index in [0.29, 0.717) is 11.3 Å². The van der Waals surface area contributed by atoms with Crippen molar-refractivity contribution in [2.75, 3.05) is 37.6 Å². The van der Waals surface area contributed by atoms with E-state index in [9.17, 15) is 4.79 Å². The van der Waals surface area contributed by atoms with E-state index in [1.54, 1.807) is 12.3 Å². The molecule has 0 amide bonds. The second-order valence-corrected chi connectivity index (χ2v) is 8.03. The van der Waals surface area contributed by atoms with Crippen LogP contribution in [0.2, 0.25) is 0 Å². The minimum Gasteiger partial charge on any atom is -0.422 e. The molecule has 0 spiro atoms. The van der Waals surface area contributed by atoms with E-state index >= 15 is 4.39 Å². The van der Waals surface area contributed by atoms with Crippen LogP contribution in [0.1, 0.15) is 18.3 Å². The molecule has 0 atom stereocenters. The number of hydrogen-bond donors (Lipinski definition) is 0. The Morgan fingerprint density at radius 1 is 1.06 bits per heavy atom. The fourth-order valence-corrected chi connectivity index (χ4v) is 4.28. The zero-order valence-corrected chi connectivity index (χ0v) is 17.9. The lowest BCUT2D eigenvalue weighted by Crippen LogP contribution is -2.46. The van der Waals surface area contributed by atoms with E-state index in [-0.39, 0.29) is 16.5 Å². The first kappa shape index (κ1) is 19.7. The Morgan fingerprint density at radius 3 is 2.58 bits per heavy atom. The van der Waals surface area contributed by atoms with Gasteiger partial charge >= 0.3 is 5.63 Å². The molecule has 1 saturated heterocycles. The monoisotopic (exact) mass is 421 g/mol. The summed E-state index contributed by atoms with van der Waals surface area (Å²) in [6.45, 7) is 10.4. The molecular weight excluding hydrogens is 397 g/mol. The van der Waals surface area contributed by atoms with Crippen LogP contribution in [-0.4, -0.2) is 52.0 Å². The lowest BCUT2D eigenvalue weighted by molar-refractivity contribution is 0.271. The number of fused-ring (bicyclic) bond motifs is 2. The van der Waals surface area contributed by atoms with Crippen molar-refractivity contribution >= 4 is 22.3 Å². The van der Waals surface area contributed by atoms with Crippen molar-refractivity contribution in [1.29, 1.82) is 0 Å². The summed E-state index contributed by atoms with van der Waals surface area (Å²) in [5.41, 5.74) is 3.38. The minimum atomic E-state index is -0.536. The van der Waals surface area contributed by atoms with Gasteiger partial charge in [0.1, 0.15) is 11.4 Å². The standard InChI is InChI=1S/C23H24FN5O2/c1-4-27-5-7-28(8-6-27)16-9-19(24)17-11-18(23(30)31-21(17)10-16)20-13-29-12-14(2)25-15(3)22(29)26-20/h9-13H,4-8H2,1-3H3.